The number of benzene rings is 1. The average molecular weight is 224 g/mol. The number of aromatic nitrogens is 1. The van der Waals surface area contributed by atoms with Gasteiger partial charge in [0.2, 0.25) is 0 Å². The van der Waals surface area contributed by atoms with Gasteiger partial charge in [0.05, 0.1) is 12.7 Å². The smallest absolute Gasteiger partial charge is 0.118 e. The highest BCUT2D eigenvalue weighted by Gasteiger charge is 2.02. The fraction of sp³-hybridized carbons (Fsp3) is 0.143. The van der Waals surface area contributed by atoms with Crippen molar-refractivity contribution in [2.75, 3.05) is 7.11 Å². The van der Waals surface area contributed by atoms with Gasteiger partial charge in [0, 0.05) is 12.4 Å². The molecule has 0 aliphatic carbocycles. The van der Waals surface area contributed by atoms with E-state index >= 15 is 0 Å². The molecule has 3 nitrogen and oxygen atoms in total. The maximum atomic E-state index is 8.97. The molecule has 0 fully saturated rings. The topological polar surface area (TPSA) is 45.9 Å². The quantitative estimate of drug-likeness (QED) is 0.804. The van der Waals surface area contributed by atoms with Gasteiger partial charge in [-0.05, 0) is 35.7 Å². The van der Waals surface area contributed by atoms with Crippen LogP contribution in [0.25, 0.3) is 0 Å². The molecule has 1 aromatic heterocycles. The maximum Gasteiger partial charge on any atom is 0.118 e. The fourth-order valence-corrected chi connectivity index (χ4v) is 1.64. The van der Waals surface area contributed by atoms with Crippen molar-refractivity contribution < 1.29 is 4.74 Å². The van der Waals surface area contributed by atoms with E-state index in [1.54, 1.807) is 19.5 Å². The Morgan fingerprint density at radius 1 is 1.24 bits per heavy atom. The van der Waals surface area contributed by atoms with E-state index < -0.39 is 0 Å². The van der Waals surface area contributed by atoms with Gasteiger partial charge in [-0.2, -0.15) is 5.26 Å². The number of hydrogen-bond donors (Lipinski definition) is 0. The summed E-state index contributed by atoms with van der Waals surface area (Å²) in [5.41, 5.74) is 2.77. The summed E-state index contributed by atoms with van der Waals surface area (Å²) < 4.78 is 5.10. The normalized spacial score (nSPS) is 9.65. The van der Waals surface area contributed by atoms with Crippen molar-refractivity contribution in [3.05, 3.63) is 59.4 Å². The Morgan fingerprint density at radius 3 is 2.65 bits per heavy atom. The Balaban J connectivity index is 2.23. The van der Waals surface area contributed by atoms with Crippen LogP contribution in [0.4, 0.5) is 0 Å². The van der Waals surface area contributed by atoms with Crippen LogP contribution < -0.4 is 4.74 Å². The van der Waals surface area contributed by atoms with Gasteiger partial charge in [-0.3, -0.25) is 4.98 Å². The van der Waals surface area contributed by atoms with E-state index in [1.807, 2.05) is 30.3 Å². The summed E-state index contributed by atoms with van der Waals surface area (Å²) >= 11 is 0. The van der Waals surface area contributed by atoms with Crippen molar-refractivity contribution in [2.24, 2.45) is 0 Å². The van der Waals surface area contributed by atoms with Crippen LogP contribution in [0.3, 0.4) is 0 Å². The minimum atomic E-state index is 0.628. The number of hydrogen-bond acceptors (Lipinski definition) is 3. The van der Waals surface area contributed by atoms with Crippen LogP contribution in [0.5, 0.6) is 5.75 Å². The van der Waals surface area contributed by atoms with E-state index in [0.717, 1.165) is 23.3 Å². The van der Waals surface area contributed by atoms with E-state index in [9.17, 15) is 0 Å². The zero-order valence-electron chi connectivity index (χ0n) is 9.55. The van der Waals surface area contributed by atoms with Crippen molar-refractivity contribution in [1.29, 1.82) is 5.26 Å². The molecule has 84 valence electrons. The summed E-state index contributed by atoms with van der Waals surface area (Å²) in [4.78, 5) is 3.94. The molecule has 17 heavy (non-hydrogen) atoms. The van der Waals surface area contributed by atoms with Crippen LogP contribution in [0.15, 0.2) is 42.7 Å². The van der Waals surface area contributed by atoms with E-state index in [-0.39, 0.29) is 0 Å². The molecule has 0 spiro atoms. The molecule has 0 aliphatic rings. The van der Waals surface area contributed by atoms with Crippen LogP contribution in [-0.2, 0) is 6.42 Å². The molecule has 2 aromatic rings. The first-order chi connectivity index (χ1) is 8.33. The third-order valence-electron chi connectivity index (χ3n) is 2.59. The summed E-state index contributed by atoms with van der Waals surface area (Å²) in [6.45, 7) is 0. The number of methoxy groups -OCH3 is 1. The molecular formula is C14H12N2O. The molecule has 2 rings (SSSR count). The van der Waals surface area contributed by atoms with Crippen molar-refractivity contribution in [3.63, 3.8) is 0 Å². The van der Waals surface area contributed by atoms with Gasteiger partial charge in [0.1, 0.15) is 11.8 Å². The molecule has 0 saturated heterocycles. The Morgan fingerprint density at radius 2 is 2.00 bits per heavy atom. The number of pyridine rings is 1. The van der Waals surface area contributed by atoms with Gasteiger partial charge >= 0.3 is 0 Å². The molecule has 0 bridgehead atoms. The molecule has 1 aromatic carbocycles. The SMILES string of the molecule is COc1ccc(Cc2ccncc2C#N)cc1. The molecule has 0 amide bonds. The fourth-order valence-electron chi connectivity index (χ4n) is 1.64. The second-order valence-electron chi connectivity index (χ2n) is 3.67. The summed E-state index contributed by atoms with van der Waals surface area (Å²) in [7, 11) is 1.64. The third kappa shape index (κ3) is 2.61. The minimum absolute atomic E-state index is 0.628. The molecule has 0 saturated carbocycles. The molecule has 0 N–H and O–H groups in total. The van der Waals surface area contributed by atoms with Crippen molar-refractivity contribution in [2.45, 2.75) is 6.42 Å². The number of ether oxygens (including phenoxy) is 1. The highest BCUT2D eigenvalue weighted by atomic mass is 16.5. The second kappa shape index (κ2) is 5.13. The van der Waals surface area contributed by atoms with Gasteiger partial charge in [-0.1, -0.05) is 12.1 Å². The van der Waals surface area contributed by atoms with E-state index in [2.05, 4.69) is 11.1 Å². The standard InChI is InChI=1S/C14H12N2O/c1-17-14-4-2-11(3-5-14)8-12-6-7-16-10-13(12)9-15/h2-7,10H,8H2,1H3. The van der Waals surface area contributed by atoms with E-state index in [0.29, 0.717) is 5.56 Å². The van der Waals surface area contributed by atoms with Crippen molar-refractivity contribution in [1.82, 2.24) is 4.98 Å². The molecule has 3 heteroatoms. The molecule has 0 radical (unpaired) electrons. The lowest BCUT2D eigenvalue weighted by Gasteiger charge is -2.05. The lowest BCUT2D eigenvalue weighted by molar-refractivity contribution is 0.414. The number of nitriles is 1. The van der Waals surface area contributed by atoms with Gasteiger partial charge in [0.25, 0.3) is 0 Å². The van der Waals surface area contributed by atoms with Gasteiger partial charge in [0.15, 0.2) is 0 Å². The molecule has 0 atom stereocenters. The third-order valence-corrected chi connectivity index (χ3v) is 2.59. The zero-order chi connectivity index (χ0) is 12.1. The van der Waals surface area contributed by atoms with Crippen LogP contribution in [-0.4, -0.2) is 12.1 Å². The van der Waals surface area contributed by atoms with E-state index in [1.165, 1.54) is 0 Å². The van der Waals surface area contributed by atoms with Gasteiger partial charge < -0.3 is 4.74 Å². The Labute approximate surface area is 100 Å². The average Bonchev–Trinajstić information content (AvgIpc) is 2.40. The summed E-state index contributed by atoms with van der Waals surface area (Å²) in [6.07, 6.45) is 4.04. The lowest BCUT2D eigenvalue weighted by Crippen LogP contribution is -1.93. The van der Waals surface area contributed by atoms with Crippen LogP contribution in [0, 0.1) is 11.3 Å². The summed E-state index contributed by atoms with van der Waals surface area (Å²) in [6, 6.07) is 11.9. The first kappa shape index (κ1) is 11.2. The first-order valence-corrected chi connectivity index (χ1v) is 5.29. The second-order valence-corrected chi connectivity index (χ2v) is 3.67. The van der Waals surface area contributed by atoms with Crippen LogP contribution >= 0.6 is 0 Å². The summed E-state index contributed by atoms with van der Waals surface area (Å²) in [5.74, 6) is 0.837. The molecular weight excluding hydrogens is 212 g/mol. The van der Waals surface area contributed by atoms with Crippen molar-refractivity contribution >= 4 is 0 Å². The lowest BCUT2D eigenvalue weighted by atomic mass is 10.0. The monoisotopic (exact) mass is 224 g/mol. The number of nitrogens with zero attached hydrogens (tertiary/aromatic N) is 2. The molecule has 0 aliphatic heterocycles. The highest BCUT2D eigenvalue weighted by Crippen LogP contribution is 2.16. The van der Waals surface area contributed by atoms with Crippen molar-refractivity contribution in [3.8, 4) is 11.8 Å². The first-order valence-electron chi connectivity index (χ1n) is 5.29. The minimum Gasteiger partial charge on any atom is -0.497 e. The largest absolute Gasteiger partial charge is 0.497 e. The maximum absolute atomic E-state index is 8.97. The predicted octanol–water partition coefficient (Wildman–Crippen LogP) is 2.55. The Kier molecular flexibility index (Phi) is 3.37. The van der Waals surface area contributed by atoms with Crippen LogP contribution in [0.1, 0.15) is 16.7 Å². The Hall–Kier alpha value is -2.34. The summed E-state index contributed by atoms with van der Waals surface area (Å²) in [5, 5.41) is 8.97. The molecule has 0 unspecified atom stereocenters. The number of rotatable bonds is 3. The Bertz CT molecular complexity index is 541. The van der Waals surface area contributed by atoms with Gasteiger partial charge in [-0.25, -0.2) is 0 Å². The molecule has 1 heterocycles. The van der Waals surface area contributed by atoms with Crippen LogP contribution in [0.2, 0.25) is 0 Å². The van der Waals surface area contributed by atoms with Gasteiger partial charge in [-0.15, -0.1) is 0 Å². The zero-order valence-corrected chi connectivity index (χ0v) is 9.55. The predicted molar refractivity (Wildman–Crippen MR) is 64.8 cm³/mol. The highest BCUT2D eigenvalue weighted by molar-refractivity contribution is 5.39. The van der Waals surface area contributed by atoms with E-state index in [4.69, 9.17) is 10.00 Å².